The first kappa shape index (κ1) is 12.4. The molecule has 1 amide bonds. The molecule has 0 saturated carbocycles. The maximum atomic E-state index is 10.9. The van der Waals surface area contributed by atoms with Crippen molar-refractivity contribution in [2.75, 3.05) is 11.9 Å². The normalized spacial score (nSPS) is 10.6. The maximum Gasteiger partial charge on any atom is 0.223 e. The van der Waals surface area contributed by atoms with Crippen LogP contribution in [0.5, 0.6) is 5.75 Å². The number of amides is 1. The third kappa shape index (κ3) is 3.00. The Balaban J connectivity index is 2.14. The summed E-state index contributed by atoms with van der Waals surface area (Å²) in [5.41, 5.74) is 1.66. The number of nitrogens with zero attached hydrogens (tertiary/aromatic N) is 1. The lowest BCUT2D eigenvalue weighted by atomic mass is 10.3. The maximum absolute atomic E-state index is 10.9. The van der Waals surface area contributed by atoms with Gasteiger partial charge >= 0.3 is 0 Å². The Hall–Kier alpha value is -2.04. The summed E-state index contributed by atoms with van der Waals surface area (Å²) in [6, 6.07) is 5.65. The number of rotatable bonds is 5. The van der Waals surface area contributed by atoms with Gasteiger partial charge in [-0.3, -0.25) is 10.1 Å². The number of ether oxygens (including phenoxy) is 1. The van der Waals surface area contributed by atoms with Gasteiger partial charge in [-0.2, -0.15) is 0 Å². The van der Waals surface area contributed by atoms with E-state index >= 15 is 0 Å². The van der Waals surface area contributed by atoms with Crippen molar-refractivity contribution in [3.05, 3.63) is 18.2 Å². The Morgan fingerprint density at radius 1 is 1.50 bits per heavy atom. The van der Waals surface area contributed by atoms with Crippen LogP contribution in [0.15, 0.2) is 18.2 Å². The molecule has 5 heteroatoms. The predicted octanol–water partition coefficient (Wildman–Crippen LogP) is 2.70. The second kappa shape index (κ2) is 5.53. The summed E-state index contributed by atoms with van der Waals surface area (Å²) < 4.78 is 5.61. The van der Waals surface area contributed by atoms with Gasteiger partial charge in [0.15, 0.2) is 0 Å². The van der Waals surface area contributed by atoms with Crippen molar-refractivity contribution in [1.82, 2.24) is 9.97 Å². The van der Waals surface area contributed by atoms with E-state index in [4.69, 9.17) is 4.74 Å². The zero-order valence-electron chi connectivity index (χ0n) is 10.6. The number of benzene rings is 1. The number of fused-ring (bicyclic) bond motifs is 1. The van der Waals surface area contributed by atoms with Crippen LogP contribution in [0, 0.1) is 0 Å². The zero-order valence-corrected chi connectivity index (χ0v) is 10.6. The highest BCUT2D eigenvalue weighted by molar-refractivity contribution is 5.89. The zero-order chi connectivity index (χ0) is 13.0. The molecule has 2 N–H and O–H groups in total. The fourth-order valence-corrected chi connectivity index (χ4v) is 1.64. The van der Waals surface area contributed by atoms with Gasteiger partial charge in [0, 0.05) is 13.0 Å². The molecule has 2 aromatic rings. The molecule has 0 bridgehead atoms. The minimum absolute atomic E-state index is 0.145. The van der Waals surface area contributed by atoms with Crippen LogP contribution in [0.25, 0.3) is 11.0 Å². The molecule has 0 spiro atoms. The highest BCUT2D eigenvalue weighted by Gasteiger charge is 2.05. The summed E-state index contributed by atoms with van der Waals surface area (Å²) in [7, 11) is 0. The molecular weight excluding hydrogens is 230 g/mol. The SMILES string of the molecule is CCCCOc1ccc2nc(NC(C)=O)[nH]c2c1. The van der Waals surface area contributed by atoms with E-state index in [-0.39, 0.29) is 5.91 Å². The smallest absolute Gasteiger partial charge is 0.223 e. The molecule has 0 unspecified atom stereocenters. The fourth-order valence-electron chi connectivity index (χ4n) is 1.64. The van der Waals surface area contributed by atoms with Crippen molar-refractivity contribution in [1.29, 1.82) is 0 Å². The predicted molar refractivity (Wildman–Crippen MR) is 70.8 cm³/mol. The minimum Gasteiger partial charge on any atom is -0.494 e. The summed E-state index contributed by atoms with van der Waals surface area (Å²) in [6.07, 6.45) is 2.15. The summed E-state index contributed by atoms with van der Waals surface area (Å²) in [5, 5.41) is 2.62. The van der Waals surface area contributed by atoms with Crippen LogP contribution in [-0.2, 0) is 4.79 Å². The van der Waals surface area contributed by atoms with Crippen LogP contribution in [0.2, 0.25) is 0 Å². The van der Waals surface area contributed by atoms with Gasteiger partial charge < -0.3 is 9.72 Å². The number of hydrogen-bond donors (Lipinski definition) is 2. The van der Waals surface area contributed by atoms with Gasteiger partial charge in [-0.25, -0.2) is 4.98 Å². The van der Waals surface area contributed by atoms with Crippen LogP contribution in [0.1, 0.15) is 26.7 Å². The van der Waals surface area contributed by atoms with E-state index in [0.717, 1.165) is 29.6 Å². The number of carbonyl (C=O) groups excluding carboxylic acids is 1. The Kier molecular flexibility index (Phi) is 3.82. The number of nitrogens with one attached hydrogen (secondary N) is 2. The summed E-state index contributed by atoms with van der Waals surface area (Å²) in [5.74, 6) is 1.13. The Bertz CT molecular complexity index is 548. The number of hydrogen-bond acceptors (Lipinski definition) is 3. The van der Waals surface area contributed by atoms with Crippen LogP contribution < -0.4 is 10.1 Å². The van der Waals surface area contributed by atoms with Crippen LogP contribution >= 0.6 is 0 Å². The van der Waals surface area contributed by atoms with Crippen molar-refractivity contribution < 1.29 is 9.53 Å². The van der Waals surface area contributed by atoms with Crippen molar-refractivity contribution >= 4 is 22.9 Å². The van der Waals surface area contributed by atoms with E-state index in [2.05, 4.69) is 22.2 Å². The molecule has 1 aromatic carbocycles. The van der Waals surface area contributed by atoms with E-state index in [1.54, 1.807) is 0 Å². The van der Waals surface area contributed by atoms with Gasteiger partial charge in [0.05, 0.1) is 17.6 Å². The third-order valence-corrected chi connectivity index (χ3v) is 2.51. The molecule has 5 nitrogen and oxygen atoms in total. The monoisotopic (exact) mass is 247 g/mol. The topological polar surface area (TPSA) is 67.0 Å². The van der Waals surface area contributed by atoms with Gasteiger partial charge in [0.1, 0.15) is 5.75 Å². The van der Waals surface area contributed by atoms with Crippen LogP contribution in [0.4, 0.5) is 5.95 Å². The van der Waals surface area contributed by atoms with E-state index in [1.165, 1.54) is 6.92 Å². The minimum atomic E-state index is -0.145. The first-order valence-corrected chi connectivity index (χ1v) is 6.09. The number of unbranched alkanes of at least 4 members (excludes halogenated alkanes) is 1. The van der Waals surface area contributed by atoms with Gasteiger partial charge in [-0.15, -0.1) is 0 Å². The van der Waals surface area contributed by atoms with Crippen molar-refractivity contribution in [2.24, 2.45) is 0 Å². The van der Waals surface area contributed by atoms with Gasteiger partial charge in [0.2, 0.25) is 11.9 Å². The molecule has 0 saturated heterocycles. The van der Waals surface area contributed by atoms with Gasteiger partial charge in [0.25, 0.3) is 0 Å². The third-order valence-electron chi connectivity index (χ3n) is 2.51. The second-order valence-electron chi connectivity index (χ2n) is 4.15. The molecule has 0 aliphatic rings. The Morgan fingerprint density at radius 2 is 2.33 bits per heavy atom. The number of aromatic nitrogens is 2. The highest BCUT2D eigenvalue weighted by Crippen LogP contribution is 2.20. The number of anilines is 1. The van der Waals surface area contributed by atoms with Crippen molar-refractivity contribution in [2.45, 2.75) is 26.7 Å². The summed E-state index contributed by atoms with van der Waals surface area (Å²) >= 11 is 0. The largest absolute Gasteiger partial charge is 0.494 e. The molecule has 96 valence electrons. The first-order chi connectivity index (χ1) is 8.69. The molecule has 0 atom stereocenters. The molecule has 1 heterocycles. The number of aromatic amines is 1. The summed E-state index contributed by atoms with van der Waals surface area (Å²) in [6.45, 7) is 4.29. The molecule has 0 fully saturated rings. The van der Waals surface area contributed by atoms with Crippen molar-refractivity contribution in [3.8, 4) is 5.75 Å². The number of carbonyl (C=O) groups is 1. The van der Waals surface area contributed by atoms with E-state index in [0.29, 0.717) is 12.6 Å². The van der Waals surface area contributed by atoms with Crippen molar-refractivity contribution in [3.63, 3.8) is 0 Å². The molecule has 0 radical (unpaired) electrons. The Labute approximate surface area is 106 Å². The van der Waals surface area contributed by atoms with E-state index in [9.17, 15) is 4.79 Å². The molecule has 1 aromatic heterocycles. The first-order valence-electron chi connectivity index (χ1n) is 6.09. The van der Waals surface area contributed by atoms with Crippen LogP contribution in [0.3, 0.4) is 0 Å². The molecule has 0 aliphatic heterocycles. The lowest BCUT2D eigenvalue weighted by Gasteiger charge is -2.04. The number of H-pyrrole nitrogens is 1. The fraction of sp³-hybridized carbons (Fsp3) is 0.385. The number of imidazole rings is 1. The summed E-state index contributed by atoms with van der Waals surface area (Å²) in [4.78, 5) is 18.2. The highest BCUT2D eigenvalue weighted by atomic mass is 16.5. The van der Waals surface area contributed by atoms with E-state index < -0.39 is 0 Å². The van der Waals surface area contributed by atoms with Crippen LogP contribution in [-0.4, -0.2) is 22.5 Å². The average molecular weight is 247 g/mol. The lowest BCUT2D eigenvalue weighted by molar-refractivity contribution is -0.114. The quantitative estimate of drug-likeness (QED) is 0.798. The lowest BCUT2D eigenvalue weighted by Crippen LogP contribution is -2.06. The molecule has 0 aliphatic carbocycles. The average Bonchev–Trinajstić information content (AvgIpc) is 2.69. The standard InChI is InChI=1S/C13H17N3O2/c1-3-4-7-18-10-5-6-11-12(8-10)16-13(15-11)14-9(2)17/h5-6,8H,3-4,7H2,1-2H3,(H2,14,15,16,17). The van der Waals surface area contributed by atoms with Gasteiger partial charge in [-0.05, 0) is 18.6 Å². The molecule has 18 heavy (non-hydrogen) atoms. The molecular formula is C13H17N3O2. The Morgan fingerprint density at radius 3 is 3.06 bits per heavy atom. The second-order valence-corrected chi connectivity index (χ2v) is 4.15. The van der Waals surface area contributed by atoms with E-state index in [1.807, 2.05) is 18.2 Å². The van der Waals surface area contributed by atoms with Gasteiger partial charge in [-0.1, -0.05) is 13.3 Å². The molecule has 2 rings (SSSR count).